The number of rotatable bonds is 4. The van der Waals surface area contributed by atoms with Crippen LogP contribution in [-0.4, -0.2) is 0 Å². The highest BCUT2D eigenvalue weighted by atomic mass is 16.3. The van der Waals surface area contributed by atoms with E-state index in [0.29, 0.717) is 0 Å². The van der Waals surface area contributed by atoms with Gasteiger partial charge in [0.25, 0.3) is 0 Å². The molecule has 0 amide bonds. The van der Waals surface area contributed by atoms with Gasteiger partial charge in [-0.2, -0.15) is 0 Å². The molecule has 0 atom stereocenters. The second-order valence-corrected chi connectivity index (χ2v) is 12.1. The number of benzene rings is 8. The van der Waals surface area contributed by atoms with Gasteiger partial charge in [-0.25, -0.2) is 0 Å². The Morgan fingerprint density at radius 1 is 0.319 bits per heavy atom. The summed E-state index contributed by atoms with van der Waals surface area (Å²) in [5, 5.41) is 9.14. The zero-order valence-electron chi connectivity index (χ0n) is 25.4. The van der Waals surface area contributed by atoms with Gasteiger partial charge < -0.3 is 13.7 Å². The zero-order chi connectivity index (χ0) is 30.9. The van der Waals surface area contributed by atoms with Crippen molar-refractivity contribution < 1.29 is 8.83 Å². The first-order valence-corrected chi connectivity index (χ1v) is 15.9. The fourth-order valence-corrected chi connectivity index (χ4v) is 7.37. The van der Waals surface area contributed by atoms with Gasteiger partial charge in [0.15, 0.2) is 0 Å². The molecular weight excluding hydrogens is 574 g/mol. The molecule has 3 heteroatoms. The molecule has 0 spiro atoms. The van der Waals surface area contributed by atoms with Crippen LogP contribution in [0.5, 0.6) is 0 Å². The van der Waals surface area contributed by atoms with Gasteiger partial charge in [0.2, 0.25) is 0 Å². The van der Waals surface area contributed by atoms with Crippen molar-refractivity contribution in [1.82, 2.24) is 0 Å². The van der Waals surface area contributed by atoms with Crippen molar-refractivity contribution in [2.24, 2.45) is 0 Å². The van der Waals surface area contributed by atoms with E-state index in [9.17, 15) is 0 Å². The van der Waals surface area contributed by atoms with Gasteiger partial charge in [-0.05, 0) is 70.3 Å². The molecule has 0 radical (unpaired) electrons. The third kappa shape index (κ3) is 3.93. The van der Waals surface area contributed by atoms with Crippen LogP contribution in [0.4, 0.5) is 17.1 Å². The standard InChI is InChI=1S/C44H27NO2/c1-2-14-30-27-42-35(26-29(30)13-1)43-33(19-10-24-40(43)47-42)32-17-5-7-20-37(32)45(36-21-9-15-28-12-3-4-16-31(28)36)38-22-11-25-41-44(38)34-18-6-8-23-39(34)46-41/h1-27H. The third-order valence-corrected chi connectivity index (χ3v) is 9.43. The summed E-state index contributed by atoms with van der Waals surface area (Å²) < 4.78 is 12.9. The molecule has 8 aromatic carbocycles. The first-order valence-electron chi connectivity index (χ1n) is 15.9. The molecule has 0 aliphatic heterocycles. The lowest BCUT2D eigenvalue weighted by atomic mass is 9.95. The highest BCUT2D eigenvalue weighted by Crippen LogP contribution is 2.49. The maximum Gasteiger partial charge on any atom is 0.137 e. The number of furan rings is 2. The summed E-state index contributed by atoms with van der Waals surface area (Å²) in [4.78, 5) is 2.42. The van der Waals surface area contributed by atoms with Gasteiger partial charge in [0.1, 0.15) is 22.3 Å². The Morgan fingerprint density at radius 3 is 1.77 bits per heavy atom. The second-order valence-electron chi connectivity index (χ2n) is 12.1. The monoisotopic (exact) mass is 601 g/mol. The zero-order valence-corrected chi connectivity index (χ0v) is 25.4. The lowest BCUT2D eigenvalue weighted by Crippen LogP contribution is -2.12. The molecule has 0 fully saturated rings. The smallest absolute Gasteiger partial charge is 0.137 e. The highest BCUT2D eigenvalue weighted by molar-refractivity contribution is 6.18. The minimum Gasteiger partial charge on any atom is -0.456 e. The van der Waals surface area contributed by atoms with Gasteiger partial charge in [0, 0.05) is 27.1 Å². The van der Waals surface area contributed by atoms with E-state index >= 15 is 0 Å². The molecule has 10 rings (SSSR count). The van der Waals surface area contributed by atoms with Crippen LogP contribution in [0.3, 0.4) is 0 Å². The summed E-state index contributed by atoms with van der Waals surface area (Å²) in [5.74, 6) is 0. The second kappa shape index (κ2) is 10.1. The quantitative estimate of drug-likeness (QED) is 0.201. The van der Waals surface area contributed by atoms with E-state index in [0.717, 1.165) is 72.1 Å². The molecule has 10 aromatic rings. The van der Waals surface area contributed by atoms with Crippen molar-refractivity contribution in [3.05, 3.63) is 164 Å². The van der Waals surface area contributed by atoms with Crippen LogP contribution in [0.25, 0.3) is 76.5 Å². The first-order chi connectivity index (χ1) is 23.3. The number of fused-ring (bicyclic) bond motifs is 8. The molecule has 0 N–H and O–H groups in total. The number of anilines is 3. The molecule has 3 nitrogen and oxygen atoms in total. The maximum absolute atomic E-state index is 6.52. The first kappa shape index (κ1) is 26.0. The molecule has 2 aromatic heterocycles. The van der Waals surface area contributed by atoms with Gasteiger partial charge in [-0.15, -0.1) is 0 Å². The molecule has 0 bridgehead atoms. The Balaban J connectivity index is 1.31. The predicted octanol–water partition coefficient (Wildman–Crippen LogP) is 12.9. The van der Waals surface area contributed by atoms with Crippen LogP contribution in [0.1, 0.15) is 0 Å². The summed E-state index contributed by atoms with van der Waals surface area (Å²) in [7, 11) is 0. The Kier molecular flexibility index (Phi) is 5.57. The van der Waals surface area contributed by atoms with Crippen LogP contribution >= 0.6 is 0 Å². The lowest BCUT2D eigenvalue weighted by molar-refractivity contribution is 0.669. The summed E-state index contributed by atoms with van der Waals surface area (Å²) in [6, 6.07) is 57.9. The van der Waals surface area contributed by atoms with Crippen LogP contribution in [0.2, 0.25) is 0 Å². The molecule has 220 valence electrons. The Morgan fingerprint density at radius 2 is 0.872 bits per heavy atom. The van der Waals surface area contributed by atoms with Crippen molar-refractivity contribution >= 4 is 82.5 Å². The van der Waals surface area contributed by atoms with E-state index in [1.54, 1.807) is 0 Å². The minimum atomic E-state index is 0.862. The fraction of sp³-hybridized carbons (Fsp3) is 0. The van der Waals surface area contributed by atoms with Crippen molar-refractivity contribution in [1.29, 1.82) is 0 Å². The molecule has 47 heavy (non-hydrogen) atoms. The summed E-state index contributed by atoms with van der Waals surface area (Å²) in [6.07, 6.45) is 0. The van der Waals surface area contributed by atoms with E-state index in [-0.39, 0.29) is 0 Å². The predicted molar refractivity (Wildman–Crippen MR) is 196 cm³/mol. The molecule has 2 heterocycles. The van der Waals surface area contributed by atoms with Crippen molar-refractivity contribution in [2.45, 2.75) is 0 Å². The Labute approximate surface area is 270 Å². The molecule has 0 unspecified atom stereocenters. The van der Waals surface area contributed by atoms with Crippen LogP contribution in [0.15, 0.2) is 173 Å². The number of para-hydroxylation sites is 2. The molecule has 0 aliphatic carbocycles. The lowest BCUT2D eigenvalue weighted by Gasteiger charge is -2.29. The molecule has 0 saturated carbocycles. The van der Waals surface area contributed by atoms with Crippen LogP contribution in [-0.2, 0) is 0 Å². The average Bonchev–Trinajstić information content (AvgIpc) is 3.69. The van der Waals surface area contributed by atoms with Gasteiger partial charge in [0.05, 0.1) is 22.4 Å². The van der Waals surface area contributed by atoms with Gasteiger partial charge in [-0.1, -0.05) is 115 Å². The van der Waals surface area contributed by atoms with E-state index in [1.807, 2.05) is 12.1 Å². The van der Waals surface area contributed by atoms with E-state index in [1.165, 1.54) is 21.5 Å². The largest absolute Gasteiger partial charge is 0.456 e. The minimum absolute atomic E-state index is 0.862. The number of hydrogen-bond donors (Lipinski definition) is 0. The Hall–Kier alpha value is -6.32. The third-order valence-electron chi connectivity index (χ3n) is 9.43. The van der Waals surface area contributed by atoms with Gasteiger partial charge >= 0.3 is 0 Å². The van der Waals surface area contributed by atoms with E-state index < -0.39 is 0 Å². The molecular formula is C44H27NO2. The molecule has 0 aliphatic rings. The fourth-order valence-electron chi connectivity index (χ4n) is 7.37. The van der Waals surface area contributed by atoms with Gasteiger partial charge in [-0.3, -0.25) is 0 Å². The summed E-state index contributed by atoms with van der Waals surface area (Å²) in [5.41, 5.74) is 8.99. The van der Waals surface area contributed by atoms with Crippen molar-refractivity contribution in [3.63, 3.8) is 0 Å². The maximum atomic E-state index is 6.52. The van der Waals surface area contributed by atoms with Crippen molar-refractivity contribution in [3.8, 4) is 11.1 Å². The van der Waals surface area contributed by atoms with Crippen LogP contribution < -0.4 is 4.90 Å². The highest BCUT2D eigenvalue weighted by Gasteiger charge is 2.24. The van der Waals surface area contributed by atoms with E-state index in [4.69, 9.17) is 8.83 Å². The Bertz CT molecular complexity index is 2820. The summed E-state index contributed by atoms with van der Waals surface area (Å²) >= 11 is 0. The average molecular weight is 602 g/mol. The SMILES string of the molecule is c1ccc(N(c2cccc3ccccc23)c2cccc3oc4ccccc4c23)c(-c2cccc3oc4cc5ccccc5cc4c23)c1. The van der Waals surface area contributed by atoms with Crippen LogP contribution in [0, 0.1) is 0 Å². The molecule has 0 saturated heterocycles. The topological polar surface area (TPSA) is 29.5 Å². The number of hydrogen-bond acceptors (Lipinski definition) is 3. The normalized spacial score (nSPS) is 11.8. The van der Waals surface area contributed by atoms with E-state index in [2.05, 4.69) is 157 Å². The van der Waals surface area contributed by atoms with Crippen molar-refractivity contribution in [2.75, 3.05) is 4.90 Å². The number of nitrogens with zero attached hydrogens (tertiary/aromatic N) is 1. The summed E-state index contributed by atoms with van der Waals surface area (Å²) in [6.45, 7) is 0.